The molecule has 3 nitrogen and oxygen atoms in total. The van der Waals surface area contributed by atoms with Gasteiger partial charge in [-0.05, 0) is 22.3 Å². The van der Waals surface area contributed by atoms with E-state index in [1.807, 2.05) is 19.1 Å². The van der Waals surface area contributed by atoms with Crippen LogP contribution in [0.1, 0.15) is 36.5 Å². The first-order chi connectivity index (χ1) is 13.9. The first-order valence-corrected chi connectivity index (χ1v) is 11.1. The monoisotopic (exact) mass is 400 g/mol. The number of ether oxygens (including phenoxy) is 2. The van der Waals surface area contributed by atoms with Crippen LogP contribution in [-0.4, -0.2) is 34.4 Å². The summed E-state index contributed by atoms with van der Waals surface area (Å²) in [5.74, 6) is 2.71. The van der Waals surface area contributed by atoms with Crippen LogP contribution in [0.15, 0.2) is 60.7 Å². The van der Waals surface area contributed by atoms with Gasteiger partial charge in [0.25, 0.3) is 8.32 Å². The number of methoxy groups -OCH3 is 1. The molecular weight excluding hydrogens is 364 g/mol. The molecule has 2 atom stereocenters. The molecule has 2 aromatic carbocycles. The minimum Gasteiger partial charge on any atom is -0.401 e. The molecule has 0 saturated carbocycles. The van der Waals surface area contributed by atoms with E-state index in [0.29, 0.717) is 0 Å². The summed E-state index contributed by atoms with van der Waals surface area (Å²) in [6, 6.07) is 21.0. The molecule has 0 aliphatic carbocycles. The number of hydrogen-bond donors (Lipinski definition) is 0. The molecular formula is C24H34O3Si. The minimum absolute atomic E-state index is 0.107. The molecule has 0 amide bonds. The Morgan fingerprint density at radius 1 is 1.04 bits per heavy atom. The van der Waals surface area contributed by atoms with Gasteiger partial charge in [-0.1, -0.05) is 94.8 Å². The molecule has 152 valence electrons. The highest BCUT2D eigenvalue weighted by Gasteiger charge is 2.51. The quantitative estimate of drug-likeness (QED) is 0.377. The number of benzene rings is 2. The van der Waals surface area contributed by atoms with Crippen LogP contribution in [-0.2, 0) is 13.9 Å². The Kier molecular flexibility index (Phi) is 8.47. The Morgan fingerprint density at radius 3 is 1.86 bits per heavy atom. The summed E-state index contributed by atoms with van der Waals surface area (Å²) in [4.78, 5) is 0. The predicted molar refractivity (Wildman–Crippen MR) is 120 cm³/mol. The van der Waals surface area contributed by atoms with E-state index in [-0.39, 0.29) is 17.9 Å². The lowest BCUT2D eigenvalue weighted by molar-refractivity contribution is -0.0819. The van der Waals surface area contributed by atoms with Crippen LogP contribution in [0.5, 0.6) is 0 Å². The second kappa shape index (κ2) is 10.6. The van der Waals surface area contributed by atoms with E-state index >= 15 is 0 Å². The van der Waals surface area contributed by atoms with Crippen LogP contribution >= 0.6 is 0 Å². The number of terminal acetylenes is 1. The second-order valence-electron chi connectivity index (χ2n) is 7.65. The molecule has 0 fully saturated rings. The van der Waals surface area contributed by atoms with Crippen LogP contribution in [0.4, 0.5) is 0 Å². The Morgan fingerprint density at radius 2 is 1.50 bits per heavy atom. The molecule has 0 aromatic heterocycles. The maximum absolute atomic E-state index is 6.94. The molecule has 0 bridgehead atoms. The Hall–Kier alpha value is -1.90. The van der Waals surface area contributed by atoms with Crippen molar-refractivity contribution < 1.29 is 15.3 Å². The third-order valence-corrected chi connectivity index (χ3v) is 9.87. The standard InChI is InChI=1S/C23H30O3Si.CH4/c1-7-22(25-18-24-6)19(2)26-27(23(3,4)5,20-14-10-8-11-15-20)21-16-12-9-13-17-21;/h1,8-17,19,22H,18H2,2-6H3;1H4/t19-,22+;/m0./s1/i;1T. The zero-order valence-electron chi connectivity index (χ0n) is 18.9. The highest BCUT2D eigenvalue weighted by Crippen LogP contribution is 2.37. The van der Waals surface area contributed by atoms with E-state index in [1.54, 1.807) is 7.11 Å². The van der Waals surface area contributed by atoms with Crippen molar-refractivity contribution in [1.29, 1.82) is 0 Å². The fraction of sp³-hybridized carbons (Fsp3) is 0.417. The number of hydrogen-bond acceptors (Lipinski definition) is 3. The van der Waals surface area contributed by atoms with Gasteiger partial charge in [-0.25, -0.2) is 0 Å². The normalized spacial score (nSPS) is 14.1. The molecule has 28 heavy (non-hydrogen) atoms. The SMILES string of the molecule is C#C[C@@H](OCOC)[C@H](C)O[Si](c1ccccc1)(c1ccccc1)C(C)(C)C.[3H]C. The maximum atomic E-state index is 6.94. The van der Waals surface area contributed by atoms with Crippen molar-refractivity contribution >= 4 is 18.7 Å². The number of rotatable bonds is 8. The van der Waals surface area contributed by atoms with Gasteiger partial charge in [0, 0.05) is 8.48 Å². The first kappa shape index (κ1) is 22.4. The zero-order chi connectivity index (χ0) is 21.9. The van der Waals surface area contributed by atoms with E-state index in [4.69, 9.17) is 21.7 Å². The molecule has 0 heterocycles. The lowest BCUT2D eigenvalue weighted by Crippen LogP contribution is -2.68. The van der Waals surface area contributed by atoms with Gasteiger partial charge >= 0.3 is 0 Å². The summed E-state index contributed by atoms with van der Waals surface area (Å²) in [6.07, 6.45) is 4.96. The van der Waals surface area contributed by atoms with Crippen molar-refractivity contribution in [2.75, 3.05) is 13.9 Å². The fourth-order valence-corrected chi connectivity index (χ4v) is 8.19. The summed E-state index contributed by atoms with van der Waals surface area (Å²) in [7, 11) is 0.188. The second-order valence-corrected chi connectivity index (χ2v) is 11.9. The maximum Gasteiger partial charge on any atom is 0.261 e. The van der Waals surface area contributed by atoms with Crippen LogP contribution in [0.2, 0.25) is 5.04 Å². The Bertz CT molecular complexity index is 699. The van der Waals surface area contributed by atoms with Gasteiger partial charge in [0.05, 0.1) is 6.10 Å². The lowest BCUT2D eigenvalue weighted by atomic mass is 10.2. The highest BCUT2D eigenvalue weighted by atomic mass is 28.4. The Balaban J connectivity index is 0.00000204. The molecule has 0 aliphatic heterocycles. The molecule has 0 spiro atoms. The Labute approximate surface area is 173 Å². The zero-order valence-corrected chi connectivity index (χ0v) is 18.9. The third kappa shape index (κ3) is 5.12. The topological polar surface area (TPSA) is 27.7 Å². The van der Waals surface area contributed by atoms with Crippen LogP contribution in [0.3, 0.4) is 0 Å². The van der Waals surface area contributed by atoms with Gasteiger partial charge in [0.15, 0.2) is 0 Å². The van der Waals surface area contributed by atoms with Crippen LogP contribution < -0.4 is 10.4 Å². The molecule has 2 aromatic rings. The molecule has 0 saturated heterocycles. The van der Waals surface area contributed by atoms with Gasteiger partial charge in [-0.3, -0.25) is 0 Å². The minimum atomic E-state index is -2.65. The molecule has 4 heteroatoms. The summed E-state index contributed by atoms with van der Waals surface area (Å²) in [5.41, 5.74) is 0. The largest absolute Gasteiger partial charge is 0.401 e. The van der Waals surface area contributed by atoms with Gasteiger partial charge < -0.3 is 13.9 Å². The predicted octanol–water partition coefficient (Wildman–Crippen LogP) is 4.21. The molecule has 2 rings (SSSR count). The molecule has 0 unspecified atom stereocenters. The summed E-state index contributed by atoms with van der Waals surface area (Å²) < 4.78 is 23.4. The van der Waals surface area contributed by atoms with E-state index in [0.717, 1.165) is 0 Å². The van der Waals surface area contributed by atoms with Crippen molar-refractivity contribution in [3.8, 4) is 12.3 Å². The summed E-state index contributed by atoms with van der Waals surface area (Å²) in [6.45, 7) is 8.86. The molecule has 0 aliphatic rings. The van der Waals surface area contributed by atoms with Gasteiger partial charge in [0.1, 0.15) is 12.9 Å². The van der Waals surface area contributed by atoms with Crippen molar-refractivity contribution in [3.63, 3.8) is 0 Å². The fourth-order valence-electron chi connectivity index (χ4n) is 3.49. The van der Waals surface area contributed by atoms with E-state index in [1.165, 1.54) is 17.8 Å². The van der Waals surface area contributed by atoms with Crippen LogP contribution in [0.25, 0.3) is 0 Å². The average molecular weight is 401 g/mol. The summed E-state index contributed by atoms with van der Waals surface area (Å²) in [5, 5.41) is 2.33. The molecule has 0 N–H and O–H groups in total. The van der Waals surface area contributed by atoms with Gasteiger partial charge in [-0.15, -0.1) is 6.42 Å². The van der Waals surface area contributed by atoms with Gasteiger partial charge in [0.2, 0.25) is 0 Å². The van der Waals surface area contributed by atoms with E-state index < -0.39 is 14.4 Å². The van der Waals surface area contributed by atoms with Crippen LogP contribution in [0, 0.1) is 12.3 Å². The molecule has 0 radical (unpaired) electrons. The van der Waals surface area contributed by atoms with Crippen molar-refractivity contribution in [1.82, 2.24) is 0 Å². The summed E-state index contributed by atoms with van der Waals surface area (Å²) >= 11 is 0. The van der Waals surface area contributed by atoms with E-state index in [2.05, 4.69) is 75.2 Å². The highest BCUT2D eigenvalue weighted by molar-refractivity contribution is 6.99. The van der Waals surface area contributed by atoms with E-state index in [9.17, 15) is 0 Å². The third-order valence-electron chi connectivity index (χ3n) is 4.74. The average Bonchev–Trinajstić information content (AvgIpc) is 2.74. The lowest BCUT2D eigenvalue weighted by Gasteiger charge is -2.45. The van der Waals surface area contributed by atoms with Crippen molar-refractivity contribution in [2.24, 2.45) is 0 Å². The van der Waals surface area contributed by atoms with Gasteiger partial charge in [-0.2, -0.15) is 0 Å². The first-order valence-electron chi connectivity index (χ1n) is 10.2. The van der Waals surface area contributed by atoms with Crippen molar-refractivity contribution in [3.05, 3.63) is 60.7 Å². The van der Waals surface area contributed by atoms with Crippen molar-refractivity contribution in [2.45, 2.75) is 52.3 Å². The smallest absolute Gasteiger partial charge is 0.261 e.